The zero-order valence-electron chi connectivity index (χ0n) is 11.6. The molecule has 1 fully saturated rings. The topological polar surface area (TPSA) is 35.6 Å². The van der Waals surface area contributed by atoms with Crippen molar-refractivity contribution in [3.8, 4) is 0 Å². The number of carbonyl (C=O) groups excluding carboxylic acids is 1. The van der Waals surface area contributed by atoms with Gasteiger partial charge in [0.25, 0.3) is 0 Å². The largest absolute Gasteiger partial charge is 0.385 e. The summed E-state index contributed by atoms with van der Waals surface area (Å²) < 4.78 is 0. The second kappa shape index (κ2) is 7.14. The Labute approximate surface area is 115 Å². The summed E-state index contributed by atoms with van der Waals surface area (Å²) in [5.41, 5.74) is 1.08. The Morgan fingerprint density at radius 2 is 1.84 bits per heavy atom. The van der Waals surface area contributed by atoms with Gasteiger partial charge in [0.1, 0.15) is 0 Å². The molecule has 0 unspecified atom stereocenters. The smallest absolute Gasteiger partial charge is 0.224 e. The first-order valence-electron chi connectivity index (χ1n) is 7.08. The Balaban J connectivity index is 1.67. The Morgan fingerprint density at radius 3 is 2.47 bits per heavy atom. The molecule has 4 nitrogen and oxygen atoms in total. The SMILES string of the molecule is CCN1CCN(C(=O)CCNc2ccccc2)CC1. The summed E-state index contributed by atoms with van der Waals surface area (Å²) in [4.78, 5) is 16.4. The molecule has 1 aromatic rings. The summed E-state index contributed by atoms with van der Waals surface area (Å²) >= 11 is 0. The average molecular weight is 261 g/mol. The Kier molecular flexibility index (Phi) is 5.21. The van der Waals surface area contributed by atoms with Crippen molar-refractivity contribution in [3.63, 3.8) is 0 Å². The van der Waals surface area contributed by atoms with Gasteiger partial charge in [0.2, 0.25) is 5.91 Å². The normalized spacial score (nSPS) is 16.4. The van der Waals surface area contributed by atoms with Crippen LogP contribution in [0.5, 0.6) is 0 Å². The molecule has 0 saturated carbocycles. The molecule has 0 spiro atoms. The average Bonchev–Trinajstić information content (AvgIpc) is 2.48. The number of piperazine rings is 1. The quantitative estimate of drug-likeness (QED) is 0.875. The van der Waals surface area contributed by atoms with Crippen LogP contribution < -0.4 is 5.32 Å². The lowest BCUT2D eigenvalue weighted by Gasteiger charge is -2.34. The maximum Gasteiger partial charge on any atom is 0.224 e. The molecule has 0 bridgehead atoms. The van der Waals surface area contributed by atoms with Gasteiger partial charge in [-0.25, -0.2) is 0 Å². The minimum atomic E-state index is 0.263. The van der Waals surface area contributed by atoms with Crippen LogP contribution in [0, 0.1) is 0 Å². The molecule has 1 aromatic carbocycles. The van der Waals surface area contributed by atoms with E-state index in [0.717, 1.165) is 38.4 Å². The van der Waals surface area contributed by atoms with E-state index >= 15 is 0 Å². The van der Waals surface area contributed by atoms with E-state index in [1.54, 1.807) is 0 Å². The fourth-order valence-corrected chi connectivity index (χ4v) is 2.34. The lowest BCUT2D eigenvalue weighted by Crippen LogP contribution is -2.48. The molecule has 2 rings (SSSR count). The molecule has 1 amide bonds. The Hall–Kier alpha value is -1.55. The molecule has 1 saturated heterocycles. The Bertz CT molecular complexity index is 386. The first-order valence-corrected chi connectivity index (χ1v) is 7.08. The molecule has 0 aliphatic carbocycles. The highest BCUT2D eigenvalue weighted by Crippen LogP contribution is 2.06. The van der Waals surface area contributed by atoms with Crippen molar-refractivity contribution in [2.75, 3.05) is 44.6 Å². The molecule has 0 aromatic heterocycles. The zero-order valence-corrected chi connectivity index (χ0v) is 11.6. The van der Waals surface area contributed by atoms with Crippen LogP contribution in [0.3, 0.4) is 0 Å². The number of nitrogens with zero attached hydrogens (tertiary/aromatic N) is 2. The number of nitrogens with one attached hydrogen (secondary N) is 1. The number of benzene rings is 1. The number of hydrogen-bond acceptors (Lipinski definition) is 3. The third kappa shape index (κ3) is 4.24. The van der Waals surface area contributed by atoms with Crippen molar-refractivity contribution in [1.29, 1.82) is 0 Å². The minimum absolute atomic E-state index is 0.263. The molecule has 0 atom stereocenters. The molecule has 1 N–H and O–H groups in total. The molecule has 4 heteroatoms. The van der Waals surface area contributed by atoms with Crippen LogP contribution in [0.4, 0.5) is 5.69 Å². The van der Waals surface area contributed by atoms with Crippen molar-refractivity contribution in [2.24, 2.45) is 0 Å². The van der Waals surface area contributed by atoms with Crippen molar-refractivity contribution in [3.05, 3.63) is 30.3 Å². The van der Waals surface area contributed by atoms with Crippen LogP contribution in [-0.2, 0) is 4.79 Å². The molecule has 1 heterocycles. The van der Waals surface area contributed by atoms with Crippen molar-refractivity contribution in [2.45, 2.75) is 13.3 Å². The van der Waals surface area contributed by atoms with Gasteiger partial charge in [-0.05, 0) is 18.7 Å². The lowest BCUT2D eigenvalue weighted by atomic mass is 10.2. The van der Waals surface area contributed by atoms with Gasteiger partial charge in [-0.2, -0.15) is 0 Å². The van der Waals surface area contributed by atoms with Gasteiger partial charge < -0.3 is 15.1 Å². The number of amides is 1. The molecular formula is C15H23N3O. The summed E-state index contributed by atoms with van der Waals surface area (Å²) in [6, 6.07) is 10.0. The number of anilines is 1. The highest BCUT2D eigenvalue weighted by Gasteiger charge is 2.19. The maximum atomic E-state index is 12.1. The van der Waals surface area contributed by atoms with Crippen LogP contribution in [0.1, 0.15) is 13.3 Å². The fourth-order valence-electron chi connectivity index (χ4n) is 2.34. The van der Waals surface area contributed by atoms with Crippen molar-refractivity contribution in [1.82, 2.24) is 9.80 Å². The first-order chi connectivity index (χ1) is 9.29. The molecule has 104 valence electrons. The fraction of sp³-hybridized carbons (Fsp3) is 0.533. The van der Waals surface area contributed by atoms with Crippen molar-refractivity contribution >= 4 is 11.6 Å². The number of rotatable bonds is 5. The second-order valence-corrected chi connectivity index (χ2v) is 4.86. The van der Waals surface area contributed by atoms with E-state index in [4.69, 9.17) is 0 Å². The second-order valence-electron chi connectivity index (χ2n) is 4.86. The predicted octanol–water partition coefficient (Wildman–Crippen LogP) is 1.65. The maximum absolute atomic E-state index is 12.1. The standard InChI is InChI=1S/C15H23N3O/c1-2-17-10-12-18(13-11-17)15(19)8-9-16-14-6-4-3-5-7-14/h3-7,16H,2,8-13H2,1H3. The predicted molar refractivity (Wildman–Crippen MR) is 78.2 cm³/mol. The van der Waals surface area contributed by atoms with E-state index in [2.05, 4.69) is 17.1 Å². The molecule has 0 radical (unpaired) electrons. The summed E-state index contributed by atoms with van der Waals surface area (Å²) in [6.07, 6.45) is 0.570. The summed E-state index contributed by atoms with van der Waals surface area (Å²) in [7, 11) is 0. The zero-order chi connectivity index (χ0) is 13.5. The molecule has 1 aliphatic heterocycles. The number of likely N-dealkylation sites (N-methyl/N-ethyl adjacent to an activating group) is 1. The highest BCUT2D eigenvalue weighted by molar-refractivity contribution is 5.76. The van der Waals surface area contributed by atoms with Crippen LogP contribution in [0.15, 0.2) is 30.3 Å². The monoisotopic (exact) mass is 261 g/mol. The van der Waals surface area contributed by atoms with Crippen LogP contribution in [0.25, 0.3) is 0 Å². The minimum Gasteiger partial charge on any atom is -0.385 e. The number of carbonyl (C=O) groups is 1. The van der Waals surface area contributed by atoms with E-state index in [-0.39, 0.29) is 5.91 Å². The number of hydrogen-bond donors (Lipinski definition) is 1. The summed E-state index contributed by atoms with van der Waals surface area (Å²) in [5.74, 6) is 0.263. The molecular weight excluding hydrogens is 238 g/mol. The van der Waals surface area contributed by atoms with Crippen LogP contribution >= 0.6 is 0 Å². The van der Waals surface area contributed by atoms with Gasteiger partial charge >= 0.3 is 0 Å². The van der Waals surface area contributed by atoms with E-state index in [0.29, 0.717) is 13.0 Å². The van der Waals surface area contributed by atoms with Crippen LogP contribution in [0.2, 0.25) is 0 Å². The third-order valence-corrected chi connectivity index (χ3v) is 3.61. The van der Waals surface area contributed by atoms with Crippen LogP contribution in [-0.4, -0.2) is 55.0 Å². The van der Waals surface area contributed by atoms with Gasteiger partial charge in [-0.15, -0.1) is 0 Å². The highest BCUT2D eigenvalue weighted by atomic mass is 16.2. The van der Waals surface area contributed by atoms with Crippen molar-refractivity contribution < 1.29 is 4.79 Å². The first kappa shape index (κ1) is 13.9. The van der Waals surface area contributed by atoms with Gasteiger partial charge in [-0.1, -0.05) is 25.1 Å². The number of para-hydroxylation sites is 1. The lowest BCUT2D eigenvalue weighted by molar-refractivity contribution is -0.132. The van der Waals surface area contributed by atoms with Gasteiger partial charge in [-0.3, -0.25) is 4.79 Å². The van der Waals surface area contributed by atoms with E-state index in [9.17, 15) is 4.79 Å². The Morgan fingerprint density at radius 1 is 1.16 bits per heavy atom. The van der Waals surface area contributed by atoms with E-state index in [1.165, 1.54) is 0 Å². The van der Waals surface area contributed by atoms with E-state index < -0.39 is 0 Å². The summed E-state index contributed by atoms with van der Waals surface area (Å²) in [6.45, 7) is 7.72. The van der Waals surface area contributed by atoms with Gasteiger partial charge in [0, 0.05) is 44.8 Å². The third-order valence-electron chi connectivity index (χ3n) is 3.61. The van der Waals surface area contributed by atoms with Gasteiger partial charge in [0.15, 0.2) is 0 Å². The van der Waals surface area contributed by atoms with Gasteiger partial charge in [0.05, 0.1) is 0 Å². The molecule has 1 aliphatic rings. The summed E-state index contributed by atoms with van der Waals surface area (Å²) in [5, 5.41) is 3.28. The molecule has 19 heavy (non-hydrogen) atoms. The van der Waals surface area contributed by atoms with E-state index in [1.807, 2.05) is 35.2 Å².